The maximum Gasteiger partial charge on any atom is 0.410 e. The topological polar surface area (TPSA) is 38.8 Å². The van der Waals surface area contributed by atoms with Crippen LogP contribution in [0, 0.1) is 0 Å². The Kier molecular flexibility index (Phi) is 3.66. The van der Waals surface area contributed by atoms with Crippen LogP contribution in [0.5, 0.6) is 0 Å². The van der Waals surface area contributed by atoms with Gasteiger partial charge in [0.15, 0.2) is 0 Å². The Bertz CT molecular complexity index is 547. The van der Waals surface area contributed by atoms with Crippen molar-refractivity contribution in [1.82, 2.24) is 4.90 Å². The number of hydrogen-bond acceptors (Lipinski definition) is 3. The van der Waals surface area contributed by atoms with Gasteiger partial charge in [-0.25, -0.2) is 4.79 Å². The quantitative estimate of drug-likeness (QED) is 0.736. The molecule has 1 unspecified atom stereocenters. The van der Waals surface area contributed by atoms with Gasteiger partial charge in [-0.3, -0.25) is 0 Å². The van der Waals surface area contributed by atoms with Gasteiger partial charge >= 0.3 is 6.09 Å². The molecule has 1 aromatic carbocycles. The van der Waals surface area contributed by atoms with Gasteiger partial charge in [0.2, 0.25) is 0 Å². The van der Waals surface area contributed by atoms with Crippen LogP contribution in [0.25, 0.3) is 0 Å². The molecule has 21 heavy (non-hydrogen) atoms. The fraction of sp³-hybridized carbons (Fsp3) is 0.588. The van der Waals surface area contributed by atoms with E-state index in [0.29, 0.717) is 26.3 Å². The van der Waals surface area contributed by atoms with E-state index in [1.165, 1.54) is 16.7 Å². The summed E-state index contributed by atoms with van der Waals surface area (Å²) in [6, 6.07) is 6.40. The monoisotopic (exact) mass is 289 g/mol. The Balaban J connectivity index is 1.83. The molecule has 0 bridgehead atoms. The van der Waals surface area contributed by atoms with Crippen molar-refractivity contribution in [1.29, 1.82) is 0 Å². The maximum absolute atomic E-state index is 12.3. The van der Waals surface area contributed by atoms with E-state index in [-0.39, 0.29) is 12.0 Å². The molecular weight excluding hydrogens is 266 g/mol. The zero-order chi connectivity index (χ0) is 15.0. The van der Waals surface area contributed by atoms with Crippen molar-refractivity contribution >= 4 is 6.09 Å². The van der Waals surface area contributed by atoms with Crippen molar-refractivity contribution in [2.24, 2.45) is 0 Å². The predicted octanol–water partition coefficient (Wildman–Crippen LogP) is 3.09. The van der Waals surface area contributed by atoms with Crippen molar-refractivity contribution in [2.45, 2.75) is 45.3 Å². The van der Waals surface area contributed by atoms with Crippen LogP contribution in [-0.2, 0) is 22.5 Å². The maximum atomic E-state index is 12.3. The standard InChI is InChI=1S/C17H23NO3/c1-17(2,3)21-16(19)18-8-7-12-5-4-6-13-10-20-11-14(9-18)15(12)13/h4-6,14H,7-11H2,1-3H3. The highest BCUT2D eigenvalue weighted by Crippen LogP contribution is 2.33. The zero-order valence-electron chi connectivity index (χ0n) is 13.0. The Morgan fingerprint density at radius 1 is 1.33 bits per heavy atom. The predicted molar refractivity (Wildman–Crippen MR) is 80.4 cm³/mol. The molecule has 0 N–H and O–H groups in total. The SMILES string of the molecule is CC(C)(C)OC(=O)N1CCc2cccc3c2C(COC3)C1. The molecule has 0 aromatic heterocycles. The van der Waals surface area contributed by atoms with Crippen LogP contribution in [0.4, 0.5) is 4.79 Å². The van der Waals surface area contributed by atoms with E-state index in [4.69, 9.17) is 9.47 Å². The van der Waals surface area contributed by atoms with E-state index in [9.17, 15) is 4.79 Å². The lowest BCUT2D eigenvalue weighted by Gasteiger charge is -2.30. The van der Waals surface area contributed by atoms with E-state index in [0.717, 1.165) is 6.42 Å². The minimum atomic E-state index is -0.454. The van der Waals surface area contributed by atoms with Crippen LogP contribution in [0.3, 0.4) is 0 Å². The van der Waals surface area contributed by atoms with Gasteiger partial charge in [-0.2, -0.15) is 0 Å². The van der Waals surface area contributed by atoms with Gasteiger partial charge in [0.25, 0.3) is 0 Å². The highest BCUT2D eigenvalue weighted by atomic mass is 16.6. The lowest BCUT2D eigenvalue weighted by molar-refractivity contribution is 0.0201. The van der Waals surface area contributed by atoms with Gasteiger partial charge in [-0.15, -0.1) is 0 Å². The summed E-state index contributed by atoms with van der Waals surface area (Å²) >= 11 is 0. The summed E-state index contributed by atoms with van der Waals surface area (Å²) in [6.07, 6.45) is 0.668. The molecule has 2 heterocycles. The van der Waals surface area contributed by atoms with Gasteiger partial charge in [0.05, 0.1) is 13.2 Å². The third kappa shape index (κ3) is 3.05. The molecule has 0 aliphatic carbocycles. The van der Waals surface area contributed by atoms with Gasteiger partial charge in [-0.05, 0) is 43.9 Å². The summed E-state index contributed by atoms with van der Waals surface area (Å²) in [6.45, 7) is 8.47. The van der Waals surface area contributed by atoms with E-state index >= 15 is 0 Å². The normalized spacial score (nSPS) is 21.5. The van der Waals surface area contributed by atoms with Crippen LogP contribution in [0.15, 0.2) is 18.2 Å². The van der Waals surface area contributed by atoms with Crippen molar-refractivity contribution < 1.29 is 14.3 Å². The van der Waals surface area contributed by atoms with Crippen molar-refractivity contribution in [3.63, 3.8) is 0 Å². The summed E-state index contributed by atoms with van der Waals surface area (Å²) in [5.74, 6) is 0.264. The van der Waals surface area contributed by atoms with E-state index in [1.807, 2.05) is 25.7 Å². The number of carbonyl (C=O) groups is 1. The summed E-state index contributed by atoms with van der Waals surface area (Å²) in [5, 5.41) is 0. The third-order valence-electron chi connectivity index (χ3n) is 4.02. The first-order chi connectivity index (χ1) is 9.94. The van der Waals surface area contributed by atoms with Gasteiger partial charge in [-0.1, -0.05) is 18.2 Å². The second-order valence-corrected chi connectivity index (χ2v) is 6.88. The fourth-order valence-electron chi connectivity index (χ4n) is 3.18. The third-order valence-corrected chi connectivity index (χ3v) is 4.02. The molecule has 4 nitrogen and oxygen atoms in total. The van der Waals surface area contributed by atoms with Crippen LogP contribution in [0.1, 0.15) is 43.4 Å². The Hall–Kier alpha value is -1.55. The smallest absolute Gasteiger partial charge is 0.410 e. The van der Waals surface area contributed by atoms with Crippen molar-refractivity contribution in [3.8, 4) is 0 Å². The number of amides is 1. The summed E-state index contributed by atoms with van der Waals surface area (Å²) < 4.78 is 11.2. The van der Waals surface area contributed by atoms with Crippen LogP contribution in [-0.4, -0.2) is 36.3 Å². The summed E-state index contributed by atoms with van der Waals surface area (Å²) in [4.78, 5) is 14.2. The first-order valence-electron chi connectivity index (χ1n) is 7.60. The molecule has 2 aliphatic heterocycles. The highest BCUT2D eigenvalue weighted by Gasteiger charge is 2.32. The van der Waals surface area contributed by atoms with E-state index in [1.54, 1.807) is 0 Å². The number of hydrogen-bond donors (Lipinski definition) is 0. The Morgan fingerprint density at radius 3 is 2.86 bits per heavy atom. The number of rotatable bonds is 0. The van der Waals surface area contributed by atoms with Gasteiger partial charge in [0.1, 0.15) is 5.60 Å². The number of ether oxygens (including phenoxy) is 2. The Morgan fingerprint density at radius 2 is 2.10 bits per heavy atom. The summed E-state index contributed by atoms with van der Waals surface area (Å²) in [5.41, 5.74) is 3.57. The molecule has 0 radical (unpaired) electrons. The van der Waals surface area contributed by atoms with E-state index in [2.05, 4.69) is 18.2 Å². The average molecular weight is 289 g/mol. The highest BCUT2D eigenvalue weighted by molar-refractivity contribution is 5.68. The molecule has 3 rings (SSSR count). The molecule has 0 saturated carbocycles. The molecular formula is C17H23NO3. The minimum Gasteiger partial charge on any atom is -0.444 e. The number of nitrogens with zero attached hydrogens (tertiary/aromatic N) is 1. The number of benzene rings is 1. The van der Waals surface area contributed by atoms with Crippen LogP contribution >= 0.6 is 0 Å². The van der Waals surface area contributed by atoms with Crippen LogP contribution < -0.4 is 0 Å². The fourth-order valence-corrected chi connectivity index (χ4v) is 3.18. The van der Waals surface area contributed by atoms with Crippen LogP contribution in [0.2, 0.25) is 0 Å². The zero-order valence-corrected chi connectivity index (χ0v) is 13.0. The lowest BCUT2D eigenvalue weighted by Crippen LogP contribution is -2.40. The lowest BCUT2D eigenvalue weighted by atomic mass is 9.88. The summed E-state index contributed by atoms with van der Waals surface area (Å²) in [7, 11) is 0. The first kappa shape index (κ1) is 14.4. The number of carbonyl (C=O) groups excluding carboxylic acids is 1. The van der Waals surface area contributed by atoms with Crippen molar-refractivity contribution in [3.05, 3.63) is 34.9 Å². The molecule has 2 aliphatic rings. The molecule has 1 amide bonds. The van der Waals surface area contributed by atoms with E-state index < -0.39 is 5.60 Å². The second kappa shape index (κ2) is 5.34. The average Bonchev–Trinajstić information content (AvgIpc) is 2.59. The largest absolute Gasteiger partial charge is 0.444 e. The molecule has 1 aromatic rings. The first-order valence-corrected chi connectivity index (χ1v) is 7.60. The van der Waals surface area contributed by atoms with Gasteiger partial charge < -0.3 is 14.4 Å². The molecule has 0 fully saturated rings. The minimum absolute atomic E-state index is 0.220. The molecule has 0 spiro atoms. The molecule has 1 atom stereocenters. The molecule has 0 saturated heterocycles. The van der Waals surface area contributed by atoms with Gasteiger partial charge in [0, 0.05) is 19.0 Å². The molecule has 4 heteroatoms. The van der Waals surface area contributed by atoms with Crippen molar-refractivity contribution in [2.75, 3.05) is 19.7 Å². The second-order valence-electron chi connectivity index (χ2n) is 6.88. The Labute approximate surface area is 126 Å². The molecule has 114 valence electrons.